The second-order valence-corrected chi connectivity index (χ2v) is 11.4. The minimum atomic E-state index is -0.621. The lowest BCUT2D eigenvalue weighted by atomic mass is 10.2. The number of para-hydroxylation sites is 1. The van der Waals surface area contributed by atoms with Gasteiger partial charge in [0, 0.05) is 37.1 Å². The van der Waals surface area contributed by atoms with Crippen LogP contribution in [0.1, 0.15) is 11.1 Å². The van der Waals surface area contributed by atoms with Gasteiger partial charge in [0.2, 0.25) is 11.6 Å². The Bertz CT molecular complexity index is 2160. The second kappa shape index (κ2) is 11.8. The quantitative estimate of drug-likeness (QED) is 0.0935. The Labute approximate surface area is 266 Å². The molecule has 13 heteroatoms. The number of hydrogen-bond acceptors (Lipinski definition) is 7. The van der Waals surface area contributed by atoms with Gasteiger partial charge in [-0.1, -0.05) is 68.9 Å². The Hall–Kier alpha value is -4.22. The lowest BCUT2D eigenvalue weighted by molar-refractivity contribution is -0.385. The van der Waals surface area contributed by atoms with Crippen molar-refractivity contribution in [2.45, 2.75) is 6.61 Å². The standard InChI is InChI=1S/C30H16BrCl3N4O5/c31-19-6-8-26-18(11-19)12-27(43-26)29-36-24-4-2-1-3-21(24)30(39)37(29)35-14-16-9-23(34)28(25(10-16)38(40)41)42-15-17-5-7-20(32)13-22(17)33/h1-14H,15H2. The summed E-state index contributed by atoms with van der Waals surface area (Å²) in [5, 5.41) is 18.2. The van der Waals surface area contributed by atoms with E-state index in [1.807, 2.05) is 12.1 Å². The van der Waals surface area contributed by atoms with Crippen molar-refractivity contribution >= 4 is 84.5 Å². The molecule has 6 rings (SSSR count). The summed E-state index contributed by atoms with van der Waals surface area (Å²) in [6.45, 7) is -0.0837. The lowest BCUT2D eigenvalue weighted by Gasteiger charge is -2.11. The molecule has 0 N–H and O–H groups in total. The molecule has 4 aromatic carbocycles. The highest BCUT2D eigenvalue weighted by atomic mass is 79.9. The summed E-state index contributed by atoms with van der Waals surface area (Å²) in [7, 11) is 0. The Morgan fingerprint density at radius 1 is 1.02 bits per heavy atom. The fourth-order valence-electron chi connectivity index (χ4n) is 4.38. The Morgan fingerprint density at radius 2 is 1.84 bits per heavy atom. The molecule has 2 heterocycles. The zero-order valence-electron chi connectivity index (χ0n) is 21.6. The minimum absolute atomic E-state index is 0.0344. The monoisotopic (exact) mass is 696 g/mol. The maximum atomic E-state index is 13.6. The van der Waals surface area contributed by atoms with Crippen LogP contribution in [0, 0.1) is 10.1 Å². The van der Waals surface area contributed by atoms with Crippen LogP contribution in [0.5, 0.6) is 5.75 Å². The van der Waals surface area contributed by atoms with E-state index in [-0.39, 0.29) is 28.8 Å². The number of nitrogens with zero attached hydrogens (tertiary/aromatic N) is 4. The van der Waals surface area contributed by atoms with Gasteiger partial charge in [0.15, 0.2) is 5.76 Å². The van der Waals surface area contributed by atoms with Crippen LogP contribution in [-0.2, 0) is 6.61 Å². The summed E-state index contributed by atoms with van der Waals surface area (Å²) < 4.78 is 13.7. The van der Waals surface area contributed by atoms with E-state index in [9.17, 15) is 14.9 Å². The average Bonchev–Trinajstić information content (AvgIpc) is 3.39. The van der Waals surface area contributed by atoms with Crippen LogP contribution in [0.15, 0.2) is 97.6 Å². The van der Waals surface area contributed by atoms with Crippen molar-refractivity contribution in [3.63, 3.8) is 0 Å². The van der Waals surface area contributed by atoms with Crippen molar-refractivity contribution < 1.29 is 14.1 Å². The van der Waals surface area contributed by atoms with Crippen molar-refractivity contribution in [2.75, 3.05) is 0 Å². The molecule has 0 amide bonds. The topological polar surface area (TPSA) is 113 Å². The predicted octanol–water partition coefficient (Wildman–Crippen LogP) is 8.90. The normalized spacial score (nSPS) is 11.5. The number of nitro groups is 1. The van der Waals surface area contributed by atoms with Gasteiger partial charge in [-0.3, -0.25) is 14.9 Å². The molecule has 0 aliphatic carbocycles. The first-order valence-corrected chi connectivity index (χ1v) is 14.4. The number of hydrogen-bond donors (Lipinski definition) is 0. The summed E-state index contributed by atoms with van der Waals surface area (Å²) >= 11 is 22.0. The molecule has 214 valence electrons. The van der Waals surface area contributed by atoms with E-state index >= 15 is 0 Å². The molecular formula is C30H16BrCl3N4O5. The molecule has 0 spiro atoms. The van der Waals surface area contributed by atoms with E-state index in [0.717, 1.165) is 14.5 Å². The highest BCUT2D eigenvalue weighted by molar-refractivity contribution is 9.10. The third kappa shape index (κ3) is 5.87. The number of furan rings is 1. The summed E-state index contributed by atoms with van der Waals surface area (Å²) in [5.74, 6) is 0.308. The van der Waals surface area contributed by atoms with Crippen LogP contribution in [0.4, 0.5) is 5.69 Å². The van der Waals surface area contributed by atoms with Gasteiger partial charge in [0.25, 0.3) is 5.56 Å². The van der Waals surface area contributed by atoms with Crippen LogP contribution in [0.2, 0.25) is 15.1 Å². The molecule has 0 aliphatic heterocycles. The van der Waals surface area contributed by atoms with E-state index < -0.39 is 16.2 Å². The van der Waals surface area contributed by atoms with Crippen LogP contribution in [0.3, 0.4) is 0 Å². The van der Waals surface area contributed by atoms with Crippen LogP contribution in [-0.4, -0.2) is 20.8 Å². The van der Waals surface area contributed by atoms with Crippen molar-refractivity contribution in [1.29, 1.82) is 0 Å². The van der Waals surface area contributed by atoms with Crippen molar-refractivity contribution in [1.82, 2.24) is 9.66 Å². The summed E-state index contributed by atoms with van der Waals surface area (Å²) in [4.78, 5) is 29.6. The molecule has 0 aliphatic rings. The number of nitro benzene ring substituents is 1. The maximum absolute atomic E-state index is 13.6. The number of aromatic nitrogens is 2. The molecule has 0 atom stereocenters. The third-order valence-electron chi connectivity index (χ3n) is 6.40. The molecule has 0 saturated heterocycles. The van der Waals surface area contributed by atoms with Gasteiger partial charge in [-0.15, -0.1) is 0 Å². The minimum Gasteiger partial charge on any atom is -0.481 e. The second-order valence-electron chi connectivity index (χ2n) is 9.24. The molecule has 0 fully saturated rings. The first-order valence-electron chi connectivity index (χ1n) is 12.5. The van der Waals surface area contributed by atoms with E-state index in [1.165, 1.54) is 18.3 Å². The molecule has 6 aromatic rings. The summed E-state index contributed by atoms with van der Waals surface area (Å²) in [6, 6.07) is 21.6. The number of fused-ring (bicyclic) bond motifs is 2. The SMILES string of the molecule is O=c1c2ccccc2nc(-c2cc3cc(Br)ccc3o2)n1N=Cc1cc(Cl)c(OCc2ccc(Cl)cc2Cl)c([N+](=O)[O-])c1. The molecule has 2 aromatic heterocycles. The zero-order valence-corrected chi connectivity index (χ0v) is 25.5. The first kappa shape index (κ1) is 28.9. The molecule has 0 unspecified atom stereocenters. The third-order valence-corrected chi connectivity index (χ3v) is 7.77. The molecular weight excluding hydrogens is 683 g/mol. The highest BCUT2D eigenvalue weighted by Crippen LogP contribution is 2.37. The number of ether oxygens (including phenoxy) is 1. The number of benzene rings is 4. The molecule has 0 radical (unpaired) electrons. The van der Waals surface area contributed by atoms with Crippen LogP contribution >= 0.6 is 50.7 Å². The number of rotatable bonds is 7. The molecule has 9 nitrogen and oxygen atoms in total. The molecule has 43 heavy (non-hydrogen) atoms. The maximum Gasteiger partial charge on any atom is 0.313 e. The smallest absolute Gasteiger partial charge is 0.313 e. The van der Waals surface area contributed by atoms with Crippen molar-refractivity contribution in [3.05, 3.63) is 130 Å². The van der Waals surface area contributed by atoms with E-state index in [0.29, 0.717) is 37.9 Å². The van der Waals surface area contributed by atoms with E-state index in [2.05, 4.69) is 26.0 Å². The van der Waals surface area contributed by atoms with Crippen molar-refractivity contribution in [3.8, 4) is 17.3 Å². The van der Waals surface area contributed by atoms with Crippen LogP contribution in [0.25, 0.3) is 33.5 Å². The van der Waals surface area contributed by atoms with Gasteiger partial charge in [0.1, 0.15) is 12.2 Å². The van der Waals surface area contributed by atoms with Gasteiger partial charge in [0.05, 0.1) is 27.1 Å². The zero-order chi connectivity index (χ0) is 30.2. The Balaban J connectivity index is 1.41. The van der Waals surface area contributed by atoms with E-state index in [1.54, 1.807) is 54.6 Å². The van der Waals surface area contributed by atoms with E-state index in [4.69, 9.17) is 44.0 Å². The van der Waals surface area contributed by atoms with Gasteiger partial charge < -0.3 is 9.15 Å². The first-order chi connectivity index (χ1) is 20.7. The lowest BCUT2D eigenvalue weighted by Crippen LogP contribution is -2.20. The fraction of sp³-hybridized carbons (Fsp3) is 0.0333. The van der Waals surface area contributed by atoms with Gasteiger partial charge >= 0.3 is 5.69 Å². The number of halogens is 4. The van der Waals surface area contributed by atoms with Crippen LogP contribution < -0.4 is 10.3 Å². The molecule has 0 saturated carbocycles. The summed E-state index contributed by atoms with van der Waals surface area (Å²) in [6.07, 6.45) is 1.28. The summed E-state index contributed by atoms with van der Waals surface area (Å²) in [5.41, 5.74) is 0.999. The van der Waals surface area contributed by atoms with Gasteiger partial charge in [-0.05, 0) is 54.6 Å². The average molecular weight is 699 g/mol. The molecule has 0 bridgehead atoms. The predicted molar refractivity (Wildman–Crippen MR) is 171 cm³/mol. The Morgan fingerprint density at radius 3 is 2.63 bits per heavy atom. The van der Waals surface area contributed by atoms with Gasteiger partial charge in [-0.2, -0.15) is 9.78 Å². The largest absolute Gasteiger partial charge is 0.481 e. The Kier molecular flexibility index (Phi) is 7.93. The van der Waals surface area contributed by atoms with Gasteiger partial charge in [-0.25, -0.2) is 4.98 Å². The van der Waals surface area contributed by atoms with Crippen molar-refractivity contribution in [2.24, 2.45) is 5.10 Å². The fourth-order valence-corrected chi connectivity index (χ4v) is 5.50. The highest BCUT2D eigenvalue weighted by Gasteiger charge is 2.22.